The molecule has 0 radical (unpaired) electrons. The second-order valence-corrected chi connectivity index (χ2v) is 10.2. The second-order valence-electron chi connectivity index (χ2n) is 10.2. The van der Waals surface area contributed by atoms with Crippen molar-refractivity contribution in [2.75, 3.05) is 6.61 Å². The van der Waals surface area contributed by atoms with E-state index in [9.17, 15) is 15.0 Å². The molecule has 2 spiro atoms. The highest BCUT2D eigenvalue weighted by atomic mass is 16.7. The Bertz CT molecular complexity index is 701. The molecule has 150 valence electrons. The fourth-order valence-corrected chi connectivity index (χ4v) is 8.12. The molecule has 0 amide bonds. The first-order valence-corrected chi connectivity index (χ1v) is 10.6. The van der Waals surface area contributed by atoms with Crippen molar-refractivity contribution < 1.29 is 24.5 Å². The Morgan fingerprint density at radius 1 is 1.22 bits per heavy atom. The highest BCUT2D eigenvalue weighted by molar-refractivity contribution is 6.04. The molecule has 6 aliphatic rings. The normalized spacial score (nSPS) is 55.4. The number of ether oxygens (including phenoxy) is 2. The van der Waals surface area contributed by atoms with Crippen LogP contribution in [0.3, 0.4) is 0 Å². The van der Waals surface area contributed by atoms with Gasteiger partial charge in [0, 0.05) is 12.5 Å². The summed E-state index contributed by atoms with van der Waals surface area (Å²) in [4.78, 5) is 13.5. The molecule has 9 atom stereocenters. The average molecular weight is 376 g/mol. The summed E-state index contributed by atoms with van der Waals surface area (Å²) in [7, 11) is 0. The number of fused-ring (bicyclic) bond motifs is 2. The van der Waals surface area contributed by atoms with Gasteiger partial charge in [-0.3, -0.25) is 4.79 Å². The standard InChI is InChI=1S/C22H32O5/c1-5-26-19-21-13-7-6-12-11(2)17(24)22(13,18(12)25)16(27-19)10-14(21)20(3,4)9-8-15(21)23/h12-16,18-19,23,25H,2,5-10H2,1,3-4H3. The Kier molecular flexibility index (Phi) is 3.68. The number of carbonyl (C=O) groups excluding carboxylic acids is 1. The highest BCUT2D eigenvalue weighted by Gasteiger charge is 2.81. The fraction of sp³-hybridized carbons (Fsp3) is 0.864. The predicted octanol–water partition coefficient (Wildman–Crippen LogP) is 2.45. The summed E-state index contributed by atoms with van der Waals surface area (Å²) in [6.45, 7) is 11.0. The molecular formula is C22H32O5. The average Bonchev–Trinajstić information content (AvgIpc) is 2.74. The Labute approximate surface area is 161 Å². The fourth-order valence-electron chi connectivity index (χ4n) is 8.12. The summed E-state index contributed by atoms with van der Waals surface area (Å²) in [5.41, 5.74) is -0.984. The minimum Gasteiger partial charge on any atom is -0.392 e. The van der Waals surface area contributed by atoms with Crippen LogP contribution in [0, 0.1) is 34.0 Å². The first kappa shape index (κ1) is 18.3. The SMILES string of the molecule is C=C1C(=O)C23C4CC5C(C)(C)CCC(O)C5(C(OCC)O4)C2CCC1C3O. The Morgan fingerprint density at radius 2 is 1.96 bits per heavy atom. The van der Waals surface area contributed by atoms with Crippen LogP contribution in [0.4, 0.5) is 0 Å². The molecular weight excluding hydrogens is 344 g/mol. The van der Waals surface area contributed by atoms with Crippen molar-refractivity contribution in [1.82, 2.24) is 0 Å². The monoisotopic (exact) mass is 376 g/mol. The Balaban J connectivity index is 1.74. The number of ketones is 1. The summed E-state index contributed by atoms with van der Waals surface area (Å²) in [6, 6.07) is 0. The van der Waals surface area contributed by atoms with Gasteiger partial charge in [0.25, 0.3) is 0 Å². The number of Topliss-reactive ketones (excluding diaryl/α,β-unsaturated/α-hetero) is 1. The molecule has 0 aromatic heterocycles. The molecule has 4 saturated carbocycles. The van der Waals surface area contributed by atoms with Gasteiger partial charge >= 0.3 is 0 Å². The summed E-state index contributed by atoms with van der Waals surface area (Å²) < 4.78 is 12.5. The molecule has 5 nitrogen and oxygen atoms in total. The lowest BCUT2D eigenvalue weighted by Gasteiger charge is -2.73. The van der Waals surface area contributed by atoms with E-state index >= 15 is 0 Å². The number of aliphatic hydroxyl groups is 2. The molecule has 2 aliphatic heterocycles. The van der Waals surface area contributed by atoms with Crippen molar-refractivity contribution in [3.05, 3.63) is 12.2 Å². The third-order valence-electron chi connectivity index (χ3n) is 9.13. The number of rotatable bonds is 2. The van der Waals surface area contributed by atoms with Gasteiger partial charge in [-0.05, 0) is 61.9 Å². The molecule has 2 N–H and O–H groups in total. The molecule has 0 aromatic rings. The Morgan fingerprint density at radius 3 is 2.67 bits per heavy atom. The van der Waals surface area contributed by atoms with E-state index in [1.54, 1.807) is 0 Å². The first-order valence-electron chi connectivity index (χ1n) is 10.6. The van der Waals surface area contributed by atoms with Crippen molar-refractivity contribution in [3.8, 4) is 0 Å². The van der Waals surface area contributed by atoms with E-state index in [0.717, 1.165) is 19.3 Å². The molecule has 2 saturated heterocycles. The molecule has 6 rings (SSSR count). The van der Waals surface area contributed by atoms with Crippen LogP contribution in [0.1, 0.15) is 52.9 Å². The van der Waals surface area contributed by atoms with Crippen molar-refractivity contribution in [2.45, 2.75) is 77.5 Å². The van der Waals surface area contributed by atoms with Gasteiger partial charge in [-0.25, -0.2) is 0 Å². The van der Waals surface area contributed by atoms with E-state index in [1.165, 1.54) is 0 Å². The van der Waals surface area contributed by atoms with E-state index in [0.29, 0.717) is 25.0 Å². The number of hydrogen-bond donors (Lipinski definition) is 2. The van der Waals surface area contributed by atoms with E-state index < -0.39 is 29.3 Å². The molecule has 27 heavy (non-hydrogen) atoms. The minimum absolute atomic E-state index is 0.0177. The van der Waals surface area contributed by atoms with Crippen LogP contribution < -0.4 is 0 Å². The predicted molar refractivity (Wildman–Crippen MR) is 98.6 cm³/mol. The van der Waals surface area contributed by atoms with Crippen molar-refractivity contribution in [2.24, 2.45) is 34.0 Å². The van der Waals surface area contributed by atoms with Crippen LogP contribution in [0.15, 0.2) is 12.2 Å². The molecule has 2 heterocycles. The van der Waals surface area contributed by atoms with E-state index in [-0.39, 0.29) is 35.1 Å². The van der Waals surface area contributed by atoms with Crippen LogP contribution in [-0.4, -0.2) is 47.2 Å². The van der Waals surface area contributed by atoms with Gasteiger partial charge in [-0.15, -0.1) is 0 Å². The quantitative estimate of drug-likeness (QED) is 0.724. The van der Waals surface area contributed by atoms with Gasteiger partial charge in [-0.1, -0.05) is 20.4 Å². The third kappa shape index (κ3) is 1.79. The number of aliphatic hydroxyl groups excluding tert-OH is 2. The van der Waals surface area contributed by atoms with Crippen molar-refractivity contribution >= 4 is 5.78 Å². The van der Waals surface area contributed by atoms with E-state index in [2.05, 4.69) is 20.4 Å². The lowest BCUT2D eigenvalue weighted by atomic mass is 9.37. The maximum absolute atomic E-state index is 13.5. The van der Waals surface area contributed by atoms with Crippen LogP contribution in [0.25, 0.3) is 0 Å². The van der Waals surface area contributed by atoms with Crippen LogP contribution in [-0.2, 0) is 14.3 Å². The maximum atomic E-state index is 13.5. The summed E-state index contributed by atoms with van der Waals surface area (Å²) >= 11 is 0. The van der Waals surface area contributed by atoms with Gasteiger partial charge in [0.1, 0.15) is 0 Å². The zero-order valence-electron chi connectivity index (χ0n) is 16.6. The van der Waals surface area contributed by atoms with Crippen LogP contribution in [0.2, 0.25) is 0 Å². The van der Waals surface area contributed by atoms with E-state index in [4.69, 9.17) is 9.47 Å². The van der Waals surface area contributed by atoms with Gasteiger partial charge < -0.3 is 19.7 Å². The summed E-state index contributed by atoms with van der Waals surface area (Å²) in [6.07, 6.45) is 1.71. The van der Waals surface area contributed by atoms with E-state index in [1.807, 2.05) is 6.92 Å². The van der Waals surface area contributed by atoms with Crippen molar-refractivity contribution in [3.63, 3.8) is 0 Å². The highest BCUT2D eigenvalue weighted by Crippen LogP contribution is 2.75. The number of carbonyl (C=O) groups is 1. The Hall–Kier alpha value is -0.750. The van der Waals surface area contributed by atoms with Crippen LogP contribution >= 0.6 is 0 Å². The van der Waals surface area contributed by atoms with Gasteiger partial charge in [0.05, 0.1) is 29.1 Å². The molecule has 4 aliphatic carbocycles. The maximum Gasteiger partial charge on any atom is 0.170 e. The lowest BCUT2D eigenvalue weighted by molar-refractivity contribution is -0.408. The molecule has 9 unspecified atom stereocenters. The third-order valence-corrected chi connectivity index (χ3v) is 9.13. The van der Waals surface area contributed by atoms with Gasteiger partial charge in [-0.2, -0.15) is 0 Å². The molecule has 5 heteroatoms. The van der Waals surface area contributed by atoms with Crippen LogP contribution in [0.5, 0.6) is 0 Å². The number of hydrogen-bond acceptors (Lipinski definition) is 5. The second kappa shape index (κ2) is 5.44. The lowest BCUT2D eigenvalue weighted by Crippen LogP contribution is -2.79. The largest absolute Gasteiger partial charge is 0.392 e. The van der Waals surface area contributed by atoms with Gasteiger partial charge in [0.15, 0.2) is 12.1 Å². The zero-order valence-corrected chi connectivity index (χ0v) is 16.6. The zero-order chi connectivity index (χ0) is 19.4. The summed E-state index contributed by atoms with van der Waals surface area (Å²) in [5, 5.41) is 22.7. The van der Waals surface area contributed by atoms with Gasteiger partial charge in [0.2, 0.25) is 0 Å². The molecule has 0 aromatic carbocycles. The topological polar surface area (TPSA) is 76.0 Å². The summed E-state index contributed by atoms with van der Waals surface area (Å²) in [5.74, 6) is -0.0848. The van der Waals surface area contributed by atoms with Crippen molar-refractivity contribution in [1.29, 1.82) is 0 Å². The molecule has 4 bridgehead atoms. The molecule has 6 fully saturated rings. The minimum atomic E-state index is -0.946. The first-order chi connectivity index (χ1) is 12.7. The smallest absolute Gasteiger partial charge is 0.170 e.